The van der Waals surface area contributed by atoms with Crippen LogP contribution in [0, 0.1) is 5.82 Å². The lowest BCUT2D eigenvalue weighted by molar-refractivity contribution is -0.128. The maximum Gasteiger partial charge on any atom is 0.335 e. The highest BCUT2D eigenvalue weighted by atomic mass is 19.1. The number of carbonyl (C=O) groups is 1. The minimum Gasteiger partial charge on any atom is -0.423 e. The molecule has 1 N–H and O–H groups in total. The molecule has 0 unspecified atom stereocenters. The molecule has 4 rings (SSSR count). The number of fused-ring (bicyclic) bond motifs is 1. The van der Waals surface area contributed by atoms with E-state index in [1.54, 1.807) is 18.3 Å². The molecular formula is C27H22FNO2. The number of aromatic nitrogens is 1. The van der Waals surface area contributed by atoms with Gasteiger partial charge < -0.3 is 9.72 Å². The largest absolute Gasteiger partial charge is 0.423 e. The van der Waals surface area contributed by atoms with Crippen LogP contribution in [0.1, 0.15) is 30.0 Å². The number of carbonyl (C=O) groups excluding carboxylic acids is 1. The molecule has 0 aliphatic heterocycles. The van der Waals surface area contributed by atoms with Crippen molar-refractivity contribution in [2.45, 2.75) is 13.3 Å². The Bertz CT molecular complexity index is 1290. The van der Waals surface area contributed by atoms with E-state index in [2.05, 4.69) is 18.5 Å². The van der Waals surface area contributed by atoms with Gasteiger partial charge in [-0.25, -0.2) is 9.18 Å². The maximum atomic E-state index is 14.9. The fourth-order valence-electron chi connectivity index (χ4n) is 3.84. The standard InChI is InChI=1S/C27H22FNO2/c1-3-21(18-10-6-5-7-11-18)26(20-16-19-14-15-29-27(19)23(28)17-20)22-12-8-9-13-24(22)31-25(30)4-2/h4-17,29H,2-3H2,1H3/b26-21+. The highest BCUT2D eigenvalue weighted by molar-refractivity contribution is 6.02. The molecule has 0 saturated heterocycles. The minimum atomic E-state index is -0.545. The third-order valence-corrected chi connectivity index (χ3v) is 5.21. The molecule has 0 amide bonds. The van der Waals surface area contributed by atoms with Crippen molar-refractivity contribution < 1.29 is 13.9 Å². The quantitative estimate of drug-likeness (QED) is 0.165. The van der Waals surface area contributed by atoms with Crippen molar-refractivity contribution in [3.8, 4) is 5.75 Å². The number of nitrogens with one attached hydrogen (secondary N) is 1. The number of esters is 1. The fraction of sp³-hybridized carbons (Fsp3) is 0.0741. The number of benzene rings is 3. The van der Waals surface area contributed by atoms with Gasteiger partial charge in [0, 0.05) is 23.2 Å². The first-order valence-corrected chi connectivity index (χ1v) is 10.1. The van der Waals surface area contributed by atoms with Crippen molar-refractivity contribution in [2.24, 2.45) is 0 Å². The van der Waals surface area contributed by atoms with E-state index in [9.17, 15) is 9.18 Å². The number of allylic oxidation sites excluding steroid dienone is 1. The van der Waals surface area contributed by atoms with Gasteiger partial charge in [0.25, 0.3) is 0 Å². The Labute approximate surface area is 180 Å². The number of ether oxygens (including phenoxy) is 1. The first-order chi connectivity index (χ1) is 15.1. The van der Waals surface area contributed by atoms with Gasteiger partial charge in [0.1, 0.15) is 11.6 Å². The summed E-state index contributed by atoms with van der Waals surface area (Å²) in [5.74, 6) is -0.477. The van der Waals surface area contributed by atoms with E-state index in [4.69, 9.17) is 4.74 Å². The summed E-state index contributed by atoms with van der Waals surface area (Å²) in [5, 5.41) is 0.775. The molecule has 4 aromatic rings. The molecule has 1 heterocycles. The van der Waals surface area contributed by atoms with E-state index in [0.29, 0.717) is 28.8 Å². The van der Waals surface area contributed by atoms with Crippen molar-refractivity contribution in [2.75, 3.05) is 0 Å². The molecule has 4 heteroatoms. The highest BCUT2D eigenvalue weighted by Crippen LogP contribution is 2.39. The zero-order valence-corrected chi connectivity index (χ0v) is 17.2. The van der Waals surface area contributed by atoms with Gasteiger partial charge >= 0.3 is 5.97 Å². The van der Waals surface area contributed by atoms with Crippen LogP contribution in [-0.2, 0) is 4.79 Å². The number of H-pyrrole nitrogens is 1. The van der Waals surface area contributed by atoms with E-state index in [1.807, 2.05) is 54.6 Å². The molecule has 154 valence electrons. The van der Waals surface area contributed by atoms with Gasteiger partial charge in [0.2, 0.25) is 0 Å². The van der Waals surface area contributed by atoms with Gasteiger partial charge in [-0.15, -0.1) is 0 Å². The highest BCUT2D eigenvalue weighted by Gasteiger charge is 2.19. The van der Waals surface area contributed by atoms with E-state index >= 15 is 0 Å². The van der Waals surface area contributed by atoms with E-state index in [0.717, 1.165) is 28.2 Å². The van der Waals surface area contributed by atoms with Crippen LogP contribution in [0.2, 0.25) is 0 Å². The van der Waals surface area contributed by atoms with E-state index in [1.165, 1.54) is 6.07 Å². The van der Waals surface area contributed by atoms with Crippen LogP contribution < -0.4 is 4.74 Å². The molecule has 3 nitrogen and oxygen atoms in total. The summed E-state index contributed by atoms with van der Waals surface area (Å²) in [6.07, 6.45) is 3.55. The average molecular weight is 411 g/mol. The first kappa shape index (κ1) is 20.4. The molecule has 0 atom stereocenters. The molecule has 31 heavy (non-hydrogen) atoms. The average Bonchev–Trinajstić information content (AvgIpc) is 3.28. The van der Waals surface area contributed by atoms with Crippen molar-refractivity contribution in [1.29, 1.82) is 0 Å². The molecule has 0 saturated carbocycles. The van der Waals surface area contributed by atoms with Gasteiger partial charge in [0.05, 0.1) is 5.52 Å². The second-order valence-electron chi connectivity index (χ2n) is 7.09. The van der Waals surface area contributed by atoms with Gasteiger partial charge in [-0.2, -0.15) is 0 Å². The lowest BCUT2D eigenvalue weighted by Gasteiger charge is -2.19. The number of para-hydroxylation sites is 1. The van der Waals surface area contributed by atoms with Crippen molar-refractivity contribution in [3.05, 3.63) is 114 Å². The second-order valence-corrected chi connectivity index (χ2v) is 7.09. The third kappa shape index (κ3) is 4.05. The lowest BCUT2D eigenvalue weighted by Crippen LogP contribution is -2.06. The van der Waals surface area contributed by atoms with Gasteiger partial charge in [-0.1, -0.05) is 62.0 Å². The SMILES string of the molecule is C=CC(=O)Oc1ccccc1/C(=C(\CC)c1ccccc1)c1cc(F)c2[nH]ccc2c1. The lowest BCUT2D eigenvalue weighted by atomic mass is 9.87. The van der Waals surface area contributed by atoms with E-state index < -0.39 is 5.97 Å². The Kier molecular flexibility index (Phi) is 5.80. The molecule has 0 bridgehead atoms. The first-order valence-electron chi connectivity index (χ1n) is 10.1. The monoisotopic (exact) mass is 411 g/mol. The summed E-state index contributed by atoms with van der Waals surface area (Å²) in [6.45, 7) is 5.55. The molecule has 0 aliphatic carbocycles. The minimum absolute atomic E-state index is 0.334. The molecule has 0 fully saturated rings. The summed E-state index contributed by atoms with van der Waals surface area (Å²) in [6, 6.07) is 22.6. The molecule has 3 aromatic carbocycles. The molecule has 0 aliphatic rings. The number of hydrogen-bond acceptors (Lipinski definition) is 2. The normalized spacial score (nSPS) is 11.8. The fourth-order valence-corrected chi connectivity index (χ4v) is 3.84. The van der Waals surface area contributed by atoms with Crippen molar-refractivity contribution in [3.63, 3.8) is 0 Å². The Morgan fingerprint density at radius 1 is 1.03 bits per heavy atom. The van der Waals surface area contributed by atoms with Crippen LogP contribution in [0.3, 0.4) is 0 Å². The summed E-state index contributed by atoms with van der Waals surface area (Å²) in [7, 11) is 0. The summed E-state index contributed by atoms with van der Waals surface area (Å²) >= 11 is 0. The van der Waals surface area contributed by atoms with E-state index in [-0.39, 0.29) is 5.82 Å². The molecule has 1 aromatic heterocycles. The molecular weight excluding hydrogens is 389 g/mol. The van der Waals surface area contributed by atoms with Gasteiger partial charge in [-0.3, -0.25) is 0 Å². The predicted molar refractivity (Wildman–Crippen MR) is 123 cm³/mol. The van der Waals surface area contributed by atoms with Gasteiger partial charge in [-0.05, 0) is 53.0 Å². The number of halogens is 1. The zero-order chi connectivity index (χ0) is 21.8. The van der Waals surface area contributed by atoms with Crippen molar-refractivity contribution >= 4 is 28.0 Å². The second kappa shape index (κ2) is 8.84. The van der Waals surface area contributed by atoms with Crippen molar-refractivity contribution in [1.82, 2.24) is 4.98 Å². The Morgan fingerprint density at radius 3 is 2.52 bits per heavy atom. The Morgan fingerprint density at radius 2 is 1.77 bits per heavy atom. The number of hydrogen-bond donors (Lipinski definition) is 1. The maximum absolute atomic E-state index is 14.9. The summed E-state index contributed by atoms with van der Waals surface area (Å²) in [5.41, 5.74) is 4.77. The van der Waals surface area contributed by atoms with Crippen LogP contribution in [0.25, 0.3) is 22.0 Å². The smallest absolute Gasteiger partial charge is 0.335 e. The van der Waals surface area contributed by atoms with Gasteiger partial charge in [0.15, 0.2) is 0 Å². The molecule has 0 spiro atoms. The third-order valence-electron chi connectivity index (χ3n) is 5.21. The van der Waals surface area contributed by atoms with Crippen LogP contribution in [0.4, 0.5) is 4.39 Å². The summed E-state index contributed by atoms with van der Waals surface area (Å²) < 4.78 is 20.5. The Hall–Kier alpha value is -3.92. The zero-order valence-electron chi connectivity index (χ0n) is 17.2. The Balaban J connectivity index is 2.04. The predicted octanol–water partition coefficient (Wildman–Crippen LogP) is 6.77. The van der Waals surface area contributed by atoms with Crippen LogP contribution in [0.15, 0.2) is 91.6 Å². The topological polar surface area (TPSA) is 42.1 Å². The van der Waals surface area contributed by atoms with Crippen LogP contribution in [-0.4, -0.2) is 11.0 Å². The van der Waals surface area contributed by atoms with Crippen LogP contribution >= 0.6 is 0 Å². The van der Waals surface area contributed by atoms with Crippen LogP contribution in [0.5, 0.6) is 5.75 Å². The summed E-state index contributed by atoms with van der Waals surface area (Å²) in [4.78, 5) is 14.9. The number of aromatic amines is 1. The number of rotatable bonds is 6. The molecule has 0 radical (unpaired) electrons.